The number of anilines is 1. The van der Waals surface area contributed by atoms with Crippen LogP contribution in [0, 0.1) is 5.82 Å². The first kappa shape index (κ1) is 22.1. The summed E-state index contributed by atoms with van der Waals surface area (Å²) in [7, 11) is 0. The van der Waals surface area contributed by atoms with Gasteiger partial charge in [0.05, 0.1) is 11.3 Å². The molecule has 1 aliphatic heterocycles. The van der Waals surface area contributed by atoms with Crippen molar-refractivity contribution < 1.29 is 27.2 Å². The van der Waals surface area contributed by atoms with Gasteiger partial charge in [-0.2, -0.15) is 13.2 Å². The molecule has 2 aromatic carbocycles. The number of piperazine rings is 1. The molecule has 0 N–H and O–H groups in total. The molecule has 1 fully saturated rings. The van der Waals surface area contributed by atoms with Crippen LogP contribution in [0.3, 0.4) is 0 Å². The highest BCUT2D eigenvalue weighted by Gasteiger charge is 2.31. The van der Waals surface area contributed by atoms with Crippen LogP contribution in [0.4, 0.5) is 23.2 Å². The summed E-state index contributed by atoms with van der Waals surface area (Å²) >= 11 is 1.05. The molecule has 3 rings (SSSR count). The number of alkyl halides is 3. The van der Waals surface area contributed by atoms with E-state index in [0.29, 0.717) is 31.9 Å². The second-order valence-electron chi connectivity index (χ2n) is 6.91. The predicted octanol–water partition coefficient (Wildman–Crippen LogP) is 4.49. The van der Waals surface area contributed by atoms with E-state index in [-0.39, 0.29) is 27.9 Å². The van der Waals surface area contributed by atoms with Crippen molar-refractivity contribution in [3.8, 4) is 0 Å². The van der Waals surface area contributed by atoms with E-state index in [2.05, 4.69) is 0 Å². The van der Waals surface area contributed by atoms with Crippen LogP contribution in [0.15, 0.2) is 47.4 Å². The maximum atomic E-state index is 14.1. The zero-order chi connectivity index (χ0) is 21.9. The number of Topliss-reactive ketones (excluding diaryl/α,β-unsaturated/α-hetero) is 1. The van der Waals surface area contributed by atoms with Gasteiger partial charge in [-0.05, 0) is 37.3 Å². The van der Waals surface area contributed by atoms with Gasteiger partial charge in [-0.15, -0.1) is 11.8 Å². The monoisotopic (exact) mass is 440 g/mol. The molecule has 2 aromatic rings. The Hall–Kier alpha value is -2.55. The molecule has 1 heterocycles. The van der Waals surface area contributed by atoms with E-state index in [9.17, 15) is 27.2 Å². The van der Waals surface area contributed by atoms with E-state index in [4.69, 9.17) is 0 Å². The van der Waals surface area contributed by atoms with Crippen molar-refractivity contribution in [2.24, 2.45) is 0 Å². The van der Waals surface area contributed by atoms with Gasteiger partial charge in [-0.1, -0.05) is 12.1 Å². The number of hydrogen-bond donors (Lipinski definition) is 0. The Balaban J connectivity index is 1.54. The number of ketones is 1. The van der Waals surface area contributed by atoms with E-state index in [1.165, 1.54) is 25.1 Å². The molecular weight excluding hydrogens is 420 g/mol. The number of carbonyl (C=O) groups is 2. The normalized spacial score (nSPS) is 14.7. The molecule has 30 heavy (non-hydrogen) atoms. The third kappa shape index (κ3) is 5.33. The summed E-state index contributed by atoms with van der Waals surface area (Å²) in [6.07, 6.45) is -4.40. The SMILES string of the molecule is CC(=O)c1ccc(SCC(=O)N2CCN(c3cccc(C(F)(F)F)c3)CC2)c(F)c1. The van der Waals surface area contributed by atoms with Crippen LogP contribution in [0.5, 0.6) is 0 Å². The van der Waals surface area contributed by atoms with Gasteiger partial charge in [0, 0.05) is 42.3 Å². The zero-order valence-electron chi connectivity index (χ0n) is 16.2. The second-order valence-corrected chi connectivity index (χ2v) is 7.92. The molecule has 160 valence electrons. The van der Waals surface area contributed by atoms with Gasteiger partial charge < -0.3 is 9.80 Å². The van der Waals surface area contributed by atoms with Gasteiger partial charge in [0.1, 0.15) is 5.82 Å². The number of carbonyl (C=O) groups excluding carboxylic acids is 2. The van der Waals surface area contributed by atoms with E-state index >= 15 is 0 Å². The van der Waals surface area contributed by atoms with Gasteiger partial charge in [-0.25, -0.2) is 4.39 Å². The van der Waals surface area contributed by atoms with Gasteiger partial charge in [0.25, 0.3) is 0 Å². The lowest BCUT2D eigenvalue weighted by atomic mass is 10.1. The highest BCUT2D eigenvalue weighted by molar-refractivity contribution is 8.00. The zero-order valence-corrected chi connectivity index (χ0v) is 17.0. The van der Waals surface area contributed by atoms with Crippen LogP contribution in [0.1, 0.15) is 22.8 Å². The smallest absolute Gasteiger partial charge is 0.368 e. The number of thioether (sulfide) groups is 1. The molecule has 0 saturated carbocycles. The minimum absolute atomic E-state index is 0.0416. The summed E-state index contributed by atoms with van der Waals surface area (Å²) in [6, 6.07) is 9.29. The number of benzene rings is 2. The molecule has 1 saturated heterocycles. The maximum absolute atomic E-state index is 14.1. The first-order valence-corrected chi connectivity index (χ1v) is 10.3. The molecule has 0 aliphatic carbocycles. The fourth-order valence-electron chi connectivity index (χ4n) is 3.16. The topological polar surface area (TPSA) is 40.6 Å². The molecule has 0 aromatic heterocycles. The Labute approximate surface area is 175 Å². The highest BCUT2D eigenvalue weighted by Crippen LogP contribution is 2.32. The molecule has 0 unspecified atom stereocenters. The number of halogens is 4. The average molecular weight is 440 g/mol. The lowest BCUT2D eigenvalue weighted by Gasteiger charge is -2.36. The molecule has 9 heteroatoms. The number of amides is 1. The Morgan fingerprint density at radius 2 is 1.73 bits per heavy atom. The van der Waals surface area contributed by atoms with Gasteiger partial charge >= 0.3 is 6.18 Å². The molecular formula is C21H20F4N2O2S. The number of nitrogens with zero attached hydrogens (tertiary/aromatic N) is 2. The first-order chi connectivity index (χ1) is 14.1. The van der Waals surface area contributed by atoms with Crippen LogP contribution < -0.4 is 4.90 Å². The van der Waals surface area contributed by atoms with Gasteiger partial charge in [-0.3, -0.25) is 9.59 Å². The molecule has 0 atom stereocenters. The summed E-state index contributed by atoms with van der Waals surface area (Å²) in [6.45, 7) is 2.94. The Kier molecular flexibility index (Phi) is 6.70. The van der Waals surface area contributed by atoms with E-state index in [1.54, 1.807) is 11.0 Å². The number of rotatable bonds is 5. The van der Waals surface area contributed by atoms with E-state index in [0.717, 1.165) is 30.0 Å². The van der Waals surface area contributed by atoms with Crippen LogP contribution >= 0.6 is 11.8 Å². The maximum Gasteiger partial charge on any atom is 0.416 e. The minimum atomic E-state index is -4.40. The van der Waals surface area contributed by atoms with Crippen molar-refractivity contribution in [2.45, 2.75) is 18.0 Å². The minimum Gasteiger partial charge on any atom is -0.368 e. The van der Waals surface area contributed by atoms with E-state index < -0.39 is 17.6 Å². The number of hydrogen-bond acceptors (Lipinski definition) is 4. The van der Waals surface area contributed by atoms with Crippen molar-refractivity contribution in [2.75, 3.05) is 36.8 Å². The van der Waals surface area contributed by atoms with Crippen molar-refractivity contribution in [1.82, 2.24) is 4.90 Å². The fourth-order valence-corrected chi connectivity index (χ4v) is 3.98. The summed E-state index contributed by atoms with van der Waals surface area (Å²) in [5.41, 5.74) is 0.0422. The lowest BCUT2D eigenvalue weighted by molar-refractivity contribution is -0.137. The quantitative estimate of drug-likeness (QED) is 0.390. The second kappa shape index (κ2) is 9.07. The Morgan fingerprint density at radius 1 is 1.03 bits per heavy atom. The Morgan fingerprint density at radius 3 is 2.33 bits per heavy atom. The summed E-state index contributed by atoms with van der Waals surface area (Å²) in [5.74, 6) is -0.909. The van der Waals surface area contributed by atoms with Crippen molar-refractivity contribution in [3.05, 3.63) is 59.4 Å². The Bertz CT molecular complexity index is 941. The van der Waals surface area contributed by atoms with E-state index in [1.807, 2.05) is 4.90 Å². The molecule has 1 amide bonds. The van der Waals surface area contributed by atoms with Crippen molar-refractivity contribution in [3.63, 3.8) is 0 Å². The van der Waals surface area contributed by atoms with Crippen molar-refractivity contribution >= 4 is 29.1 Å². The third-order valence-corrected chi connectivity index (χ3v) is 5.89. The molecule has 1 aliphatic rings. The standard InChI is InChI=1S/C21H20F4N2O2S/c1-14(28)15-5-6-19(18(22)11-15)30-13-20(29)27-9-7-26(8-10-27)17-4-2-3-16(12-17)21(23,24)25/h2-6,11-12H,7-10,13H2,1H3. The third-order valence-electron chi connectivity index (χ3n) is 4.86. The highest BCUT2D eigenvalue weighted by atomic mass is 32.2. The lowest BCUT2D eigenvalue weighted by Crippen LogP contribution is -2.49. The predicted molar refractivity (Wildman–Crippen MR) is 107 cm³/mol. The van der Waals surface area contributed by atoms with Crippen LogP contribution in [-0.4, -0.2) is 48.5 Å². The summed E-state index contributed by atoms with van der Waals surface area (Å²) in [4.78, 5) is 27.5. The first-order valence-electron chi connectivity index (χ1n) is 9.28. The molecule has 0 spiro atoms. The van der Waals surface area contributed by atoms with Crippen LogP contribution in [0.2, 0.25) is 0 Å². The van der Waals surface area contributed by atoms with Crippen LogP contribution in [-0.2, 0) is 11.0 Å². The van der Waals surface area contributed by atoms with Gasteiger partial charge in [0.2, 0.25) is 5.91 Å². The van der Waals surface area contributed by atoms with Crippen LogP contribution in [0.25, 0.3) is 0 Å². The largest absolute Gasteiger partial charge is 0.416 e. The average Bonchev–Trinajstić information content (AvgIpc) is 2.72. The fraction of sp³-hybridized carbons (Fsp3) is 0.333. The van der Waals surface area contributed by atoms with Crippen molar-refractivity contribution in [1.29, 1.82) is 0 Å². The summed E-state index contributed by atoms with van der Waals surface area (Å²) in [5, 5.41) is 0. The molecule has 0 bridgehead atoms. The summed E-state index contributed by atoms with van der Waals surface area (Å²) < 4.78 is 52.8. The molecule has 0 radical (unpaired) electrons. The van der Waals surface area contributed by atoms with Gasteiger partial charge in [0.15, 0.2) is 5.78 Å². The molecule has 4 nitrogen and oxygen atoms in total.